The molecule has 1 aromatic heterocycles. The average molecular weight is 281 g/mol. The van der Waals surface area contributed by atoms with Crippen molar-refractivity contribution in [2.24, 2.45) is 0 Å². The van der Waals surface area contributed by atoms with E-state index < -0.39 is 0 Å². The van der Waals surface area contributed by atoms with Gasteiger partial charge in [0.2, 0.25) is 0 Å². The molecule has 0 radical (unpaired) electrons. The summed E-state index contributed by atoms with van der Waals surface area (Å²) in [6.45, 7) is 8.10. The second kappa shape index (κ2) is 6.57. The van der Waals surface area contributed by atoms with Gasteiger partial charge in [0, 0.05) is 37.0 Å². The van der Waals surface area contributed by atoms with Crippen LogP contribution in [0.4, 0.5) is 5.82 Å². The van der Waals surface area contributed by atoms with Crippen LogP contribution in [-0.2, 0) is 4.74 Å². The molecule has 0 aliphatic carbocycles. The van der Waals surface area contributed by atoms with Crippen LogP contribution in [0.15, 0.2) is 5.03 Å². The summed E-state index contributed by atoms with van der Waals surface area (Å²) in [5.74, 6) is 2.22. The largest absolute Gasteiger partial charge is 0.381 e. The topological polar surface area (TPSA) is 47.0 Å². The fourth-order valence-corrected chi connectivity index (χ4v) is 3.24. The van der Waals surface area contributed by atoms with Crippen LogP contribution >= 0.6 is 11.8 Å². The van der Waals surface area contributed by atoms with Gasteiger partial charge in [-0.05, 0) is 19.8 Å². The molecule has 19 heavy (non-hydrogen) atoms. The summed E-state index contributed by atoms with van der Waals surface area (Å²) >= 11 is 1.88. The molecule has 0 bridgehead atoms. The lowest BCUT2D eigenvalue weighted by Gasteiger charge is -2.22. The molecule has 2 rings (SSSR count). The molecule has 1 N–H and O–H groups in total. The molecule has 1 aliphatic rings. The highest BCUT2D eigenvalue weighted by molar-refractivity contribution is 7.99. The average Bonchev–Trinajstić information content (AvgIpc) is 2.42. The van der Waals surface area contributed by atoms with Crippen molar-refractivity contribution in [2.45, 2.75) is 49.8 Å². The van der Waals surface area contributed by atoms with E-state index in [4.69, 9.17) is 9.72 Å². The third-order valence-corrected chi connectivity index (χ3v) is 4.74. The van der Waals surface area contributed by atoms with Crippen LogP contribution in [0.5, 0.6) is 0 Å². The van der Waals surface area contributed by atoms with Crippen LogP contribution < -0.4 is 5.32 Å². The maximum absolute atomic E-state index is 5.42. The van der Waals surface area contributed by atoms with E-state index in [1.807, 2.05) is 18.8 Å². The Labute approximate surface area is 119 Å². The van der Waals surface area contributed by atoms with E-state index in [1.54, 1.807) is 0 Å². The zero-order valence-electron chi connectivity index (χ0n) is 12.2. The number of hydrogen-bond donors (Lipinski definition) is 1. The second-order valence-corrected chi connectivity index (χ2v) is 6.48. The Bertz CT molecular complexity index is 431. The first-order valence-electron chi connectivity index (χ1n) is 6.92. The van der Waals surface area contributed by atoms with Gasteiger partial charge in [0.25, 0.3) is 0 Å². The van der Waals surface area contributed by atoms with Crippen molar-refractivity contribution in [2.75, 3.05) is 25.6 Å². The standard InChI is InChI=1S/C14H23N3OS/c1-9(2)12-16-13(15-4)10(3)14(17-12)19-11-5-7-18-8-6-11/h9,11H,5-8H2,1-4H3,(H,15,16,17). The van der Waals surface area contributed by atoms with Crippen LogP contribution in [-0.4, -0.2) is 35.5 Å². The van der Waals surface area contributed by atoms with Crippen molar-refractivity contribution in [3.05, 3.63) is 11.4 Å². The van der Waals surface area contributed by atoms with Gasteiger partial charge in [-0.1, -0.05) is 13.8 Å². The van der Waals surface area contributed by atoms with E-state index in [2.05, 4.69) is 31.1 Å². The molecule has 0 spiro atoms. The number of nitrogens with one attached hydrogen (secondary N) is 1. The van der Waals surface area contributed by atoms with Crippen LogP contribution in [0.2, 0.25) is 0 Å². The number of nitrogens with zero attached hydrogens (tertiary/aromatic N) is 2. The first kappa shape index (κ1) is 14.6. The van der Waals surface area contributed by atoms with Gasteiger partial charge in [-0.15, -0.1) is 11.8 Å². The van der Waals surface area contributed by atoms with E-state index in [1.165, 1.54) is 0 Å². The molecular weight excluding hydrogens is 258 g/mol. The van der Waals surface area contributed by atoms with Gasteiger partial charge in [0.05, 0.1) is 0 Å². The molecule has 2 heterocycles. The first-order valence-corrected chi connectivity index (χ1v) is 7.80. The molecule has 1 aromatic rings. The molecule has 1 fully saturated rings. The maximum Gasteiger partial charge on any atom is 0.134 e. The molecule has 0 aromatic carbocycles. The van der Waals surface area contributed by atoms with E-state index in [-0.39, 0.29) is 0 Å². The van der Waals surface area contributed by atoms with Crippen molar-refractivity contribution in [3.8, 4) is 0 Å². The molecule has 0 atom stereocenters. The van der Waals surface area contributed by atoms with Gasteiger partial charge in [0.1, 0.15) is 16.7 Å². The summed E-state index contributed by atoms with van der Waals surface area (Å²) in [7, 11) is 1.92. The van der Waals surface area contributed by atoms with Crippen molar-refractivity contribution in [1.29, 1.82) is 0 Å². The fourth-order valence-electron chi connectivity index (χ4n) is 2.08. The molecule has 1 saturated heterocycles. The summed E-state index contributed by atoms with van der Waals surface area (Å²) in [5, 5.41) is 4.92. The predicted molar refractivity (Wildman–Crippen MR) is 80.1 cm³/mol. The summed E-state index contributed by atoms with van der Waals surface area (Å²) in [6.07, 6.45) is 2.22. The third-order valence-electron chi connectivity index (χ3n) is 3.32. The monoisotopic (exact) mass is 281 g/mol. The molecule has 1 aliphatic heterocycles. The minimum atomic E-state index is 0.349. The molecule has 106 valence electrons. The van der Waals surface area contributed by atoms with E-state index in [0.717, 1.165) is 48.3 Å². The van der Waals surface area contributed by atoms with Crippen molar-refractivity contribution in [3.63, 3.8) is 0 Å². The van der Waals surface area contributed by atoms with Crippen LogP contribution in [0, 0.1) is 6.92 Å². The predicted octanol–water partition coefficient (Wildman–Crippen LogP) is 3.22. The van der Waals surface area contributed by atoms with E-state index in [0.29, 0.717) is 11.2 Å². The molecule has 0 amide bonds. The SMILES string of the molecule is CNc1nc(C(C)C)nc(SC2CCOCC2)c1C. The Kier molecular flexibility index (Phi) is 5.05. The lowest BCUT2D eigenvalue weighted by molar-refractivity contribution is 0.1000. The van der Waals surface area contributed by atoms with E-state index in [9.17, 15) is 0 Å². The summed E-state index contributed by atoms with van der Waals surface area (Å²) in [6, 6.07) is 0. The van der Waals surface area contributed by atoms with Crippen molar-refractivity contribution < 1.29 is 4.74 Å². The number of rotatable bonds is 4. The number of ether oxygens (including phenoxy) is 1. The zero-order valence-corrected chi connectivity index (χ0v) is 13.0. The number of aromatic nitrogens is 2. The molecular formula is C14H23N3OS. The van der Waals surface area contributed by atoms with E-state index >= 15 is 0 Å². The molecule has 0 unspecified atom stereocenters. The lowest BCUT2D eigenvalue weighted by Crippen LogP contribution is -2.18. The Morgan fingerprint density at radius 1 is 1.26 bits per heavy atom. The quantitative estimate of drug-likeness (QED) is 0.859. The van der Waals surface area contributed by atoms with Gasteiger partial charge < -0.3 is 10.1 Å². The highest BCUT2D eigenvalue weighted by atomic mass is 32.2. The highest BCUT2D eigenvalue weighted by Gasteiger charge is 2.19. The zero-order chi connectivity index (χ0) is 13.8. The van der Waals surface area contributed by atoms with Gasteiger partial charge in [-0.25, -0.2) is 9.97 Å². The van der Waals surface area contributed by atoms with Gasteiger partial charge >= 0.3 is 0 Å². The fraction of sp³-hybridized carbons (Fsp3) is 0.714. The normalized spacial score (nSPS) is 16.9. The van der Waals surface area contributed by atoms with Crippen LogP contribution in [0.1, 0.15) is 44.0 Å². The van der Waals surface area contributed by atoms with Gasteiger partial charge in [0.15, 0.2) is 0 Å². The smallest absolute Gasteiger partial charge is 0.134 e. The Balaban J connectivity index is 2.24. The summed E-state index contributed by atoms with van der Waals surface area (Å²) in [4.78, 5) is 9.33. The van der Waals surface area contributed by atoms with Crippen molar-refractivity contribution >= 4 is 17.6 Å². The second-order valence-electron chi connectivity index (χ2n) is 5.19. The number of thioether (sulfide) groups is 1. The number of anilines is 1. The number of hydrogen-bond acceptors (Lipinski definition) is 5. The molecule has 5 heteroatoms. The summed E-state index contributed by atoms with van der Waals surface area (Å²) in [5.41, 5.74) is 1.16. The molecule has 0 saturated carbocycles. The Morgan fingerprint density at radius 3 is 2.53 bits per heavy atom. The van der Waals surface area contributed by atoms with Crippen LogP contribution in [0.3, 0.4) is 0 Å². The minimum Gasteiger partial charge on any atom is -0.381 e. The summed E-state index contributed by atoms with van der Waals surface area (Å²) < 4.78 is 5.42. The highest BCUT2D eigenvalue weighted by Crippen LogP contribution is 2.33. The lowest BCUT2D eigenvalue weighted by atomic mass is 10.2. The third kappa shape index (κ3) is 3.60. The maximum atomic E-state index is 5.42. The minimum absolute atomic E-state index is 0.349. The van der Waals surface area contributed by atoms with Crippen LogP contribution in [0.25, 0.3) is 0 Å². The van der Waals surface area contributed by atoms with Crippen molar-refractivity contribution in [1.82, 2.24) is 9.97 Å². The Morgan fingerprint density at radius 2 is 1.95 bits per heavy atom. The molecule has 4 nitrogen and oxygen atoms in total. The van der Waals surface area contributed by atoms with Gasteiger partial charge in [-0.2, -0.15) is 0 Å². The van der Waals surface area contributed by atoms with Gasteiger partial charge in [-0.3, -0.25) is 0 Å². The Hall–Kier alpha value is -0.810. The first-order chi connectivity index (χ1) is 9.11.